The van der Waals surface area contributed by atoms with Gasteiger partial charge in [-0.1, -0.05) is 0 Å². The van der Waals surface area contributed by atoms with Crippen molar-refractivity contribution in [1.29, 1.82) is 0 Å². The lowest BCUT2D eigenvalue weighted by Crippen LogP contribution is -2.21. The lowest BCUT2D eigenvalue weighted by Gasteiger charge is -2.07. The van der Waals surface area contributed by atoms with E-state index in [-0.39, 0.29) is 12.3 Å². The van der Waals surface area contributed by atoms with Gasteiger partial charge in [0.2, 0.25) is 0 Å². The summed E-state index contributed by atoms with van der Waals surface area (Å²) in [5, 5.41) is 11.3. The van der Waals surface area contributed by atoms with Crippen LogP contribution in [0.2, 0.25) is 0 Å². The van der Waals surface area contributed by atoms with E-state index >= 15 is 0 Å². The molecular weight excluding hydrogens is 196 g/mol. The van der Waals surface area contributed by atoms with Crippen molar-refractivity contribution in [2.45, 2.75) is 19.4 Å². The normalized spacial score (nSPS) is 18.5. The molecule has 0 aliphatic carbocycles. The molecule has 5 heteroatoms. The number of rotatable bonds is 2. The molecule has 1 aromatic heterocycles. The topological polar surface area (TPSA) is 79.3 Å². The van der Waals surface area contributed by atoms with Crippen molar-refractivity contribution in [2.24, 2.45) is 0 Å². The fourth-order valence-corrected chi connectivity index (χ4v) is 1.66. The van der Waals surface area contributed by atoms with Crippen LogP contribution in [0.15, 0.2) is 12.1 Å². The van der Waals surface area contributed by atoms with Crippen LogP contribution >= 0.6 is 0 Å². The van der Waals surface area contributed by atoms with Gasteiger partial charge in [0.25, 0.3) is 5.91 Å². The average molecular weight is 206 g/mol. The van der Waals surface area contributed by atoms with E-state index in [1.807, 2.05) is 0 Å². The van der Waals surface area contributed by atoms with Gasteiger partial charge in [-0.3, -0.25) is 14.6 Å². The minimum atomic E-state index is -0.948. The van der Waals surface area contributed by atoms with Gasteiger partial charge in [-0.05, 0) is 19.1 Å². The second kappa shape index (κ2) is 3.34. The molecule has 0 bridgehead atoms. The molecule has 1 amide bonds. The first-order valence-electron chi connectivity index (χ1n) is 4.58. The molecule has 0 radical (unpaired) electrons. The van der Waals surface area contributed by atoms with Crippen molar-refractivity contribution >= 4 is 11.9 Å². The number of aryl methyl sites for hydroxylation is 1. The van der Waals surface area contributed by atoms with E-state index < -0.39 is 12.0 Å². The molecule has 15 heavy (non-hydrogen) atoms. The van der Waals surface area contributed by atoms with Crippen LogP contribution < -0.4 is 5.32 Å². The summed E-state index contributed by atoms with van der Waals surface area (Å²) in [4.78, 5) is 26.2. The molecule has 78 valence electrons. The number of amides is 1. The van der Waals surface area contributed by atoms with Crippen LogP contribution in [0.1, 0.15) is 34.2 Å². The molecule has 0 aromatic carbocycles. The molecule has 1 aromatic rings. The van der Waals surface area contributed by atoms with Gasteiger partial charge in [0, 0.05) is 5.69 Å². The summed E-state index contributed by atoms with van der Waals surface area (Å²) in [7, 11) is 0. The maximum atomic E-state index is 11.4. The van der Waals surface area contributed by atoms with Gasteiger partial charge in [-0.25, -0.2) is 0 Å². The summed E-state index contributed by atoms with van der Waals surface area (Å²) in [5.41, 5.74) is 1.80. The fourth-order valence-electron chi connectivity index (χ4n) is 1.66. The Hall–Kier alpha value is -1.91. The molecule has 5 nitrogen and oxygen atoms in total. The second-order valence-corrected chi connectivity index (χ2v) is 3.51. The number of nitrogens with one attached hydrogen (secondary N) is 1. The van der Waals surface area contributed by atoms with Crippen molar-refractivity contribution in [3.05, 3.63) is 29.1 Å². The Morgan fingerprint density at radius 1 is 1.60 bits per heavy atom. The minimum Gasteiger partial charge on any atom is -0.481 e. The molecule has 2 heterocycles. The summed E-state index contributed by atoms with van der Waals surface area (Å²) in [6.07, 6.45) is -0.130. The van der Waals surface area contributed by atoms with E-state index in [4.69, 9.17) is 5.11 Å². The molecule has 1 aliphatic rings. The number of carboxylic acids is 1. The first kappa shape index (κ1) is 9.64. The van der Waals surface area contributed by atoms with Crippen molar-refractivity contribution in [3.8, 4) is 0 Å². The van der Waals surface area contributed by atoms with E-state index in [0.29, 0.717) is 11.3 Å². The highest BCUT2D eigenvalue weighted by molar-refractivity contribution is 5.99. The molecule has 0 saturated carbocycles. The van der Waals surface area contributed by atoms with Crippen molar-refractivity contribution in [1.82, 2.24) is 10.3 Å². The van der Waals surface area contributed by atoms with E-state index in [0.717, 1.165) is 5.69 Å². The van der Waals surface area contributed by atoms with Gasteiger partial charge in [-0.2, -0.15) is 0 Å². The van der Waals surface area contributed by atoms with E-state index in [9.17, 15) is 9.59 Å². The highest BCUT2D eigenvalue weighted by atomic mass is 16.4. The minimum absolute atomic E-state index is 0.130. The Bertz CT molecular complexity index is 440. The zero-order valence-corrected chi connectivity index (χ0v) is 8.15. The predicted molar refractivity (Wildman–Crippen MR) is 51.4 cm³/mol. The van der Waals surface area contributed by atoms with E-state index in [2.05, 4.69) is 10.3 Å². The monoisotopic (exact) mass is 206 g/mol. The zero-order valence-electron chi connectivity index (χ0n) is 8.15. The highest BCUT2D eigenvalue weighted by Gasteiger charge is 2.31. The van der Waals surface area contributed by atoms with E-state index in [1.54, 1.807) is 19.1 Å². The van der Waals surface area contributed by atoms with Crippen molar-refractivity contribution < 1.29 is 14.7 Å². The van der Waals surface area contributed by atoms with Gasteiger partial charge < -0.3 is 10.4 Å². The number of carboxylic acid groups (broad SMARTS) is 1. The van der Waals surface area contributed by atoms with Crippen LogP contribution in [-0.4, -0.2) is 22.0 Å². The highest BCUT2D eigenvalue weighted by Crippen LogP contribution is 2.25. The van der Waals surface area contributed by atoms with Crippen LogP contribution in [0.3, 0.4) is 0 Å². The summed E-state index contributed by atoms with van der Waals surface area (Å²) < 4.78 is 0. The molecule has 0 fully saturated rings. The number of carbonyl (C=O) groups excluding carboxylic acids is 1. The van der Waals surface area contributed by atoms with Gasteiger partial charge in [0.05, 0.1) is 23.7 Å². The van der Waals surface area contributed by atoms with Crippen molar-refractivity contribution in [3.63, 3.8) is 0 Å². The summed E-state index contributed by atoms with van der Waals surface area (Å²) in [6.45, 7) is 1.81. The van der Waals surface area contributed by atoms with E-state index in [1.165, 1.54) is 0 Å². The summed E-state index contributed by atoms with van der Waals surface area (Å²) in [5.74, 6) is -1.19. The average Bonchev–Trinajstić information content (AvgIpc) is 2.42. The largest absolute Gasteiger partial charge is 0.481 e. The van der Waals surface area contributed by atoms with Crippen LogP contribution in [0.4, 0.5) is 0 Å². The SMILES string of the molecule is Cc1ccc2c(n1)C(CC(=O)O)NC2=O. The number of aromatic nitrogens is 1. The number of nitrogens with zero attached hydrogens (tertiary/aromatic N) is 1. The fraction of sp³-hybridized carbons (Fsp3) is 0.300. The first-order valence-corrected chi connectivity index (χ1v) is 4.58. The Kier molecular flexibility index (Phi) is 2.15. The van der Waals surface area contributed by atoms with Crippen LogP contribution in [0.5, 0.6) is 0 Å². The third-order valence-electron chi connectivity index (χ3n) is 2.32. The molecule has 1 aliphatic heterocycles. The van der Waals surface area contributed by atoms with Gasteiger partial charge >= 0.3 is 5.97 Å². The first-order chi connectivity index (χ1) is 7.08. The number of hydrogen-bond acceptors (Lipinski definition) is 3. The number of hydrogen-bond donors (Lipinski definition) is 2. The molecule has 1 unspecified atom stereocenters. The number of carbonyl (C=O) groups is 2. The maximum absolute atomic E-state index is 11.4. The summed E-state index contributed by atoms with van der Waals surface area (Å²) in [6, 6.07) is 2.92. The Balaban J connectivity index is 2.39. The molecule has 0 saturated heterocycles. The zero-order chi connectivity index (χ0) is 11.0. The Morgan fingerprint density at radius 2 is 2.33 bits per heavy atom. The second-order valence-electron chi connectivity index (χ2n) is 3.51. The third-order valence-corrected chi connectivity index (χ3v) is 2.32. The summed E-state index contributed by atoms with van der Waals surface area (Å²) >= 11 is 0. The number of fused-ring (bicyclic) bond motifs is 1. The molecule has 2 N–H and O–H groups in total. The molecular formula is C10H10N2O3. The number of aliphatic carboxylic acids is 1. The van der Waals surface area contributed by atoms with Gasteiger partial charge in [0.15, 0.2) is 0 Å². The number of pyridine rings is 1. The maximum Gasteiger partial charge on any atom is 0.305 e. The van der Waals surface area contributed by atoms with Gasteiger partial charge in [-0.15, -0.1) is 0 Å². The standard InChI is InChI=1S/C10H10N2O3/c1-5-2-3-6-9(11-5)7(4-8(13)14)12-10(6)15/h2-3,7H,4H2,1H3,(H,12,15)(H,13,14). The quantitative estimate of drug-likeness (QED) is 0.744. The molecule has 0 spiro atoms. The van der Waals surface area contributed by atoms with Crippen LogP contribution in [-0.2, 0) is 4.79 Å². The van der Waals surface area contributed by atoms with Crippen molar-refractivity contribution in [2.75, 3.05) is 0 Å². The van der Waals surface area contributed by atoms with Gasteiger partial charge in [0.1, 0.15) is 0 Å². The smallest absolute Gasteiger partial charge is 0.305 e. The predicted octanol–water partition coefficient (Wildman–Crippen LogP) is 0.649. The lowest BCUT2D eigenvalue weighted by molar-refractivity contribution is -0.137. The Morgan fingerprint density at radius 3 is 3.00 bits per heavy atom. The Labute approximate surface area is 86.1 Å². The van der Waals surface area contributed by atoms with Crippen LogP contribution in [0, 0.1) is 6.92 Å². The molecule has 1 atom stereocenters. The van der Waals surface area contributed by atoms with Crippen LogP contribution in [0.25, 0.3) is 0 Å². The third kappa shape index (κ3) is 1.68. The molecule has 2 rings (SSSR count). The lowest BCUT2D eigenvalue weighted by atomic mass is 10.1.